The van der Waals surface area contributed by atoms with Gasteiger partial charge in [-0.2, -0.15) is 5.10 Å². The molecule has 0 bridgehead atoms. The molecule has 1 fully saturated rings. The lowest BCUT2D eigenvalue weighted by molar-refractivity contribution is 0.245. The Morgan fingerprint density at radius 3 is 2.64 bits per heavy atom. The van der Waals surface area contributed by atoms with Crippen LogP contribution in [0.3, 0.4) is 0 Å². The fourth-order valence-electron chi connectivity index (χ4n) is 4.23. The summed E-state index contributed by atoms with van der Waals surface area (Å²) in [6.07, 6.45) is 4.93. The topological polar surface area (TPSA) is 60.9 Å². The number of aryl methyl sites for hydroxylation is 1. The van der Waals surface area contributed by atoms with E-state index in [1.54, 1.807) is 0 Å². The summed E-state index contributed by atoms with van der Waals surface area (Å²) in [7, 11) is 0. The summed E-state index contributed by atoms with van der Waals surface area (Å²) in [6.45, 7) is 4.09. The van der Waals surface area contributed by atoms with Gasteiger partial charge in [0.25, 0.3) is 0 Å². The zero-order valence-electron chi connectivity index (χ0n) is 15.7. The molecule has 28 heavy (non-hydrogen) atoms. The average molecular weight is 378 g/mol. The molecule has 7 heteroatoms. The standard InChI is InChI=1S/C21H23FN6/c22-19-20(15-5-2-1-3-6-15)23-14-24-21(19)28-11-9-27(10-12-28)13-18-16-7-4-8-17(16)25-26-18/h1-3,5-6,14H,4,7-13H2,(H,25,26). The highest BCUT2D eigenvalue weighted by Gasteiger charge is 2.25. The van der Waals surface area contributed by atoms with E-state index >= 15 is 4.39 Å². The molecule has 1 saturated heterocycles. The molecule has 0 radical (unpaired) electrons. The highest BCUT2D eigenvalue weighted by molar-refractivity contribution is 5.63. The zero-order chi connectivity index (χ0) is 18.9. The maximum absolute atomic E-state index is 15.1. The van der Waals surface area contributed by atoms with Crippen molar-refractivity contribution in [1.29, 1.82) is 0 Å². The van der Waals surface area contributed by atoms with Crippen molar-refractivity contribution in [2.45, 2.75) is 25.8 Å². The minimum Gasteiger partial charge on any atom is -0.352 e. The summed E-state index contributed by atoms with van der Waals surface area (Å²) in [6, 6.07) is 9.44. The number of hydrogen-bond donors (Lipinski definition) is 1. The van der Waals surface area contributed by atoms with E-state index in [0.717, 1.165) is 51.1 Å². The van der Waals surface area contributed by atoms with Gasteiger partial charge in [0.1, 0.15) is 12.0 Å². The van der Waals surface area contributed by atoms with Gasteiger partial charge < -0.3 is 4.90 Å². The Hall–Kier alpha value is -2.80. The molecule has 2 aromatic heterocycles. The summed E-state index contributed by atoms with van der Waals surface area (Å²) >= 11 is 0. The third kappa shape index (κ3) is 3.16. The SMILES string of the molecule is Fc1c(-c2ccccc2)ncnc1N1CCN(Cc2n[nH]c3c2CCC3)CC1. The van der Waals surface area contributed by atoms with E-state index in [1.165, 1.54) is 29.7 Å². The van der Waals surface area contributed by atoms with E-state index in [2.05, 4.69) is 25.1 Å². The van der Waals surface area contributed by atoms with Crippen molar-refractivity contribution < 1.29 is 4.39 Å². The molecule has 0 spiro atoms. The fourth-order valence-corrected chi connectivity index (χ4v) is 4.23. The van der Waals surface area contributed by atoms with Crippen molar-refractivity contribution in [3.05, 3.63) is 59.4 Å². The number of aromatic nitrogens is 4. The molecule has 1 aromatic carbocycles. The van der Waals surface area contributed by atoms with Gasteiger partial charge in [-0.15, -0.1) is 0 Å². The second kappa shape index (κ2) is 7.31. The first-order valence-corrected chi connectivity index (χ1v) is 9.88. The summed E-state index contributed by atoms with van der Waals surface area (Å²) in [5.41, 5.74) is 5.04. The Labute approximate surface area is 163 Å². The van der Waals surface area contributed by atoms with Crippen LogP contribution in [0.2, 0.25) is 0 Å². The first kappa shape index (κ1) is 17.3. The third-order valence-electron chi connectivity index (χ3n) is 5.76. The minimum atomic E-state index is -0.340. The van der Waals surface area contributed by atoms with Crippen LogP contribution in [0.25, 0.3) is 11.3 Å². The number of nitrogens with one attached hydrogen (secondary N) is 1. The summed E-state index contributed by atoms with van der Waals surface area (Å²) < 4.78 is 15.1. The van der Waals surface area contributed by atoms with Gasteiger partial charge in [0.05, 0.1) is 5.69 Å². The second-order valence-electron chi connectivity index (χ2n) is 7.47. The molecule has 6 nitrogen and oxygen atoms in total. The van der Waals surface area contributed by atoms with Crippen molar-refractivity contribution in [2.75, 3.05) is 31.1 Å². The Balaban J connectivity index is 1.28. The Morgan fingerprint density at radius 2 is 1.82 bits per heavy atom. The number of halogens is 1. The van der Waals surface area contributed by atoms with E-state index < -0.39 is 0 Å². The van der Waals surface area contributed by atoms with Crippen LogP contribution in [0.4, 0.5) is 10.2 Å². The maximum atomic E-state index is 15.1. The number of nitrogens with zero attached hydrogens (tertiary/aromatic N) is 5. The van der Waals surface area contributed by atoms with Crippen LogP contribution in [0.5, 0.6) is 0 Å². The third-order valence-corrected chi connectivity index (χ3v) is 5.76. The highest BCUT2D eigenvalue weighted by atomic mass is 19.1. The van der Waals surface area contributed by atoms with Gasteiger partial charge in [0.15, 0.2) is 11.6 Å². The molecule has 0 amide bonds. The summed E-state index contributed by atoms with van der Waals surface area (Å²) in [5, 5.41) is 7.69. The molecule has 1 aliphatic heterocycles. The van der Waals surface area contributed by atoms with Gasteiger partial charge in [-0.05, 0) is 24.8 Å². The number of rotatable bonds is 4. The Kier molecular flexibility index (Phi) is 4.52. The van der Waals surface area contributed by atoms with Crippen LogP contribution in [0.15, 0.2) is 36.7 Å². The summed E-state index contributed by atoms with van der Waals surface area (Å²) in [4.78, 5) is 12.8. The number of hydrogen-bond acceptors (Lipinski definition) is 5. The number of fused-ring (bicyclic) bond motifs is 1. The number of piperazine rings is 1. The van der Waals surface area contributed by atoms with E-state index in [4.69, 9.17) is 0 Å². The lowest BCUT2D eigenvalue weighted by atomic mass is 10.1. The van der Waals surface area contributed by atoms with Crippen molar-refractivity contribution in [2.24, 2.45) is 0 Å². The molecule has 1 N–H and O–H groups in total. The lowest BCUT2D eigenvalue weighted by Gasteiger charge is -2.35. The normalized spacial score (nSPS) is 17.1. The fraction of sp³-hybridized carbons (Fsp3) is 0.381. The maximum Gasteiger partial charge on any atom is 0.191 e. The van der Waals surface area contributed by atoms with Gasteiger partial charge in [-0.3, -0.25) is 10.00 Å². The predicted octanol–water partition coefficient (Wildman–Crippen LogP) is 2.82. The van der Waals surface area contributed by atoms with Gasteiger partial charge in [-0.25, -0.2) is 14.4 Å². The van der Waals surface area contributed by atoms with Crippen LogP contribution >= 0.6 is 0 Å². The highest BCUT2D eigenvalue weighted by Crippen LogP contribution is 2.27. The molecule has 0 unspecified atom stereocenters. The van der Waals surface area contributed by atoms with E-state index in [1.807, 2.05) is 35.2 Å². The van der Waals surface area contributed by atoms with E-state index in [-0.39, 0.29) is 5.82 Å². The van der Waals surface area contributed by atoms with Crippen LogP contribution in [0, 0.1) is 5.82 Å². The smallest absolute Gasteiger partial charge is 0.191 e. The molecule has 0 atom stereocenters. The van der Waals surface area contributed by atoms with E-state index in [0.29, 0.717) is 11.5 Å². The molecular weight excluding hydrogens is 355 g/mol. The lowest BCUT2D eigenvalue weighted by Crippen LogP contribution is -2.46. The largest absolute Gasteiger partial charge is 0.352 e. The Morgan fingerprint density at radius 1 is 1.00 bits per heavy atom. The molecular formula is C21H23FN6. The van der Waals surface area contributed by atoms with Gasteiger partial charge in [0.2, 0.25) is 0 Å². The molecule has 2 aliphatic rings. The number of H-pyrrole nitrogens is 1. The molecule has 3 aromatic rings. The molecule has 1 aliphatic carbocycles. The number of anilines is 1. The van der Waals surface area contributed by atoms with Crippen LogP contribution < -0.4 is 4.90 Å². The minimum absolute atomic E-state index is 0.340. The van der Waals surface area contributed by atoms with Crippen LogP contribution in [-0.4, -0.2) is 51.2 Å². The van der Waals surface area contributed by atoms with Gasteiger partial charge >= 0.3 is 0 Å². The molecule has 3 heterocycles. The predicted molar refractivity (Wildman–Crippen MR) is 106 cm³/mol. The Bertz CT molecular complexity index is 962. The second-order valence-corrected chi connectivity index (χ2v) is 7.47. The first-order chi connectivity index (χ1) is 13.8. The summed E-state index contributed by atoms with van der Waals surface area (Å²) in [5.74, 6) is 0.0569. The first-order valence-electron chi connectivity index (χ1n) is 9.88. The quantitative estimate of drug-likeness (QED) is 0.757. The van der Waals surface area contributed by atoms with Gasteiger partial charge in [-0.1, -0.05) is 30.3 Å². The number of benzene rings is 1. The van der Waals surface area contributed by atoms with Crippen molar-refractivity contribution >= 4 is 5.82 Å². The average Bonchev–Trinajstić information content (AvgIpc) is 3.35. The van der Waals surface area contributed by atoms with E-state index in [9.17, 15) is 0 Å². The van der Waals surface area contributed by atoms with Crippen LogP contribution in [-0.2, 0) is 19.4 Å². The monoisotopic (exact) mass is 378 g/mol. The van der Waals surface area contributed by atoms with Crippen molar-refractivity contribution in [3.8, 4) is 11.3 Å². The van der Waals surface area contributed by atoms with Crippen LogP contribution in [0.1, 0.15) is 23.4 Å². The molecule has 5 rings (SSSR count). The molecule has 144 valence electrons. The zero-order valence-corrected chi connectivity index (χ0v) is 15.7. The van der Waals surface area contributed by atoms with Crippen molar-refractivity contribution in [1.82, 2.24) is 25.1 Å². The van der Waals surface area contributed by atoms with Crippen molar-refractivity contribution in [3.63, 3.8) is 0 Å². The number of aromatic amines is 1. The molecule has 0 saturated carbocycles. The van der Waals surface area contributed by atoms with Gasteiger partial charge in [0, 0.05) is 44.0 Å².